The second-order valence-corrected chi connectivity index (χ2v) is 8.31. The molecule has 0 unspecified atom stereocenters. The summed E-state index contributed by atoms with van der Waals surface area (Å²) in [6.45, 7) is 3.95. The molecule has 1 saturated carbocycles. The van der Waals surface area contributed by atoms with Gasteiger partial charge in [-0.15, -0.1) is 0 Å². The van der Waals surface area contributed by atoms with Crippen LogP contribution in [0, 0.1) is 19.8 Å². The number of pyridine rings is 1. The third-order valence-corrected chi connectivity index (χ3v) is 5.86. The Bertz CT molecular complexity index is 1090. The first-order valence-corrected chi connectivity index (χ1v) is 10.4. The van der Waals surface area contributed by atoms with E-state index in [1.807, 2.05) is 44.2 Å². The van der Waals surface area contributed by atoms with E-state index in [0.717, 1.165) is 28.1 Å². The molecule has 1 fully saturated rings. The maximum atomic E-state index is 11.2. The maximum Gasteiger partial charge on any atom is 0.306 e. The number of carboxylic acid groups (broad SMARTS) is 1. The number of nitrogens with zero attached hydrogens (tertiary/aromatic N) is 3. The van der Waals surface area contributed by atoms with Gasteiger partial charge in [0.15, 0.2) is 0 Å². The second-order valence-electron chi connectivity index (χ2n) is 8.31. The summed E-state index contributed by atoms with van der Waals surface area (Å²) in [6.07, 6.45) is 5.22. The van der Waals surface area contributed by atoms with Gasteiger partial charge in [0.2, 0.25) is 5.95 Å². The van der Waals surface area contributed by atoms with E-state index in [9.17, 15) is 15.0 Å². The van der Waals surface area contributed by atoms with E-state index in [-0.39, 0.29) is 5.92 Å². The van der Waals surface area contributed by atoms with Crippen molar-refractivity contribution in [2.24, 2.45) is 5.92 Å². The topological polar surface area (TPSA) is 108 Å². The van der Waals surface area contributed by atoms with Crippen molar-refractivity contribution in [3.8, 4) is 11.1 Å². The number of aliphatic carboxylic acids is 1. The lowest BCUT2D eigenvalue weighted by atomic mass is 9.77. The summed E-state index contributed by atoms with van der Waals surface area (Å²) in [5.41, 5.74) is 4.32. The lowest BCUT2D eigenvalue weighted by molar-refractivity contribution is -0.145. The van der Waals surface area contributed by atoms with Crippen LogP contribution in [-0.2, 0) is 10.4 Å². The summed E-state index contributed by atoms with van der Waals surface area (Å²) in [5.74, 6) is -0.621. The molecule has 0 saturated heterocycles. The van der Waals surface area contributed by atoms with E-state index in [0.29, 0.717) is 37.3 Å². The number of rotatable bonds is 5. The van der Waals surface area contributed by atoms with Crippen molar-refractivity contribution in [2.75, 3.05) is 5.32 Å². The molecule has 3 N–H and O–H groups in total. The fourth-order valence-corrected chi connectivity index (χ4v) is 4.10. The molecule has 2 heterocycles. The summed E-state index contributed by atoms with van der Waals surface area (Å²) in [7, 11) is 0. The van der Waals surface area contributed by atoms with Crippen LogP contribution in [0.3, 0.4) is 0 Å². The smallest absolute Gasteiger partial charge is 0.306 e. The van der Waals surface area contributed by atoms with Crippen molar-refractivity contribution < 1.29 is 15.0 Å². The zero-order chi connectivity index (χ0) is 22.0. The lowest BCUT2D eigenvalue weighted by Gasteiger charge is -2.34. The molecule has 4 rings (SSSR count). The second kappa shape index (κ2) is 8.43. The molecule has 1 aromatic carbocycles. The first kappa shape index (κ1) is 20.9. The molecule has 0 spiro atoms. The molecule has 3 aromatic rings. The first-order valence-electron chi connectivity index (χ1n) is 10.4. The molecule has 31 heavy (non-hydrogen) atoms. The van der Waals surface area contributed by atoms with Crippen LogP contribution in [0.5, 0.6) is 0 Å². The van der Waals surface area contributed by atoms with E-state index < -0.39 is 11.6 Å². The summed E-state index contributed by atoms with van der Waals surface area (Å²) < 4.78 is 0. The molecule has 160 valence electrons. The van der Waals surface area contributed by atoms with Crippen LogP contribution in [0.1, 0.15) is 42.6 Å². The van der Waals surface area contributed by atoms with Crippen LogP contribution >= 0.6 is 0 Å². The van der Waals surface area contributed by atoms with Crippen molar-refractivity contribution >= 4 is 17.6 Å². The van der Waals surface area contributed by atoms with Gasteiger partial charge in [0.25, 0.3) is 0 Å². The van der Waals surface area contributed by atoms with Crippen LogP contribution in [0.4, 0.5) is 11.6 Å². The normalized spacial score (nSPS) is 20.9. The van der Waals surface area contributed by atoms with Crippen LogP contribution in [-0.4, -0.2) is 31.1 Å². The molecule has 1 aliphatic carbocycles. The largest absolute Gasteiger partial charge is 0.481 e. The van der Waals surface area contributed by atoms with Gasteiger partial charge < -0.3 is 15.5 Å². The van der Waals surface area contributed by atoms with Gasteiger partial charge in [-0.1, -0.05) is 12.1 Å². The number of benzene rings is 1. The molecule has 0 amide bonds. The zero-order valence-electron chi connectivity index (χ0n) is 17.7. The van der Waals surface area contributed by atoms with Gasteiger partial charge in [0.1, 0.15) is 5.60 Å². The average Bonchev–Trinajstić information content (AvgIpc) is 2.74. The minimum Gasteiger partial charge on any atom is -0.481 e. The molecule has 7 heteroatoms. The van der Waals surface area contributed by atoms with E-state index >= 15 is 0 Å². The monoisotopic (exact) mass is 418 g/mol. The third-order valence-electron chi connectivity index (χ3n) is 5.86. The number of nitrogens with one attached hydrogen (secondary N) is 1. The van der Waals surface area contributed by atoms with Crippen LogP contribution in [0.15, 0.2) is 48.8 Å². The van der Waals surface area contributed by atoms with Gasteiger partial charge >= 0.3 is 5.97 Å². The number of carbonyl (C=O) groups is 1. The number of anilines is 2. The number of carboxylic acids is 1. The van der Waals surface area contributed by atoms with Crippen LogP contribution in [0.25, 0.3) is 11.1 Å². The van der Waals surface area contributed by atoms with Crippen molar-refractivity contribution in [1.82, 2.24) is 15.0 Å². The van der Waals surface area contributed by atoms with Crippen LogP contribution < -0.4 is 5.32 Å². The van der Waals surface area contributed by atoms with E-state index in [1.165, 1.54) is 0 Å². The van der Waals surface area contributed by atoms with Crippen molar-refractivity contribution in [2.45, 2.75) is 45.1 Å². The number of hydrogen-bond acceptors (Lipinski definition) is 6. The molecule has 1 aliphatic rings. The van der Waals surface area contributed by atoms with E-state index in [4.69, 9.17) is 0 Å². The summed E-state index contributed by atoms with van der Waals surface area (Å²) in [5, 5.41) is 23.4. The average molecular weight is 418 g/mol. The predicted octanol–water partition coefficient (Wildman–Crippen LogP) is 4.36. The molecule has 0 radical (unpaired) electrons. The summed E-state index contributed by atoms with van der Waals surface area (Å²) in [4.78, 5) is 24.4. The number of aryl methyl sites for hydroxylation is 2. The molecular weight excluding hydrogens is 392 g/mol. The zero-order valence-corrected chi connectivity index (χ0v) is 17.7. The Morgan fingerprint density at radius 3 is 2.48 bits per heavy atom. The molecular formula is C24H26N4O3. The lowest BCUT2D eigenvalue weighted by Crippen LogP contribution is -2.34. The molecule has 7 nitrogen and oxygen atoms in total. The number of aromatic nitrogens is 3. The Kier molecular flexibility index (Phi) is 5.69. The van der Waals surface area contributed by atoms with Crippen molar-refractivity contribution in [1.29, 1.82) is 0 Å². The fraction of sp³-hybridized carbons (Fsp3) is 0.333. The fourth-order valence-electron chi connectivity index (χ4n) is 4.10. The summed E-state index contributed by atoms with van der Waals surface area (Å²) >= 11 is 0. The molecule has 2 aromatic heterocycles. The van der Waals surface area contributed by atoms with Gasteiger partial charge in [-0.2, -0.15) is 0 Å². The van der Waals surface area contributed by atoms with E-state index in [1.54, 1.807) is 12.4 Å². The number of aliphatic hydroxyl groups is 1. The Balaban J connectivity index is 1.54. The van der Waals surface area contributed by atoms with Gasteiger partial charge in [0.05, 0.1) is 11.6 Å². The molecule has 0 aliphatic heterocycles. The van der Waals surface area contributed by atoms with Crippen LogP contribution in [0.2, 0.25) is 0 Å². The Hall–Kier alpha value is -3.32. The van der Waals surface area contributed by atoms with Crippen molar-refractivity contribution in [3.63, 3.8) is 0 Å². The van der Waals surface area contributed by atoms with Crippen molar-refractivity contribution in [3.05, 3.63) is 65.7 Å². The van der Waals surface area contributed by atoms with Gasteiger partial charge in [-0.3, -0.25) is 9.78 Å². The highest BCUT2D eigenvalue weighted by atomic mass is 16.4. The summed E-state index contributed by atoms with van der Waals surface area (Å²) in [6, 6.07) is 11.8. The Morgan fingerprint density at radius 1 is 1.06 bits per heavy atom. The third kappa shape index (κ3) is 4.72. The quantitative estimate of drug-likeness (QED) is 0.565. The number of hydrogen-bond donors (Lipinski definition) is 3. The first-order chi connectivity index (χ1) is 14.8. The molecule has 0 atom stereocenters. The molecule has 0 bridgehead atoms. The van der Waals surface area contributed by atoms with Gasteiger partial charge in [-0.25, -0.2) is 9.97 Å². The highest BCUT2D eigenvalue weighted by molar-refractivity contribution is 5.71. The highest BCUT2D eigenvalue weighted by Gasteiger charge is 2.38. The highest BCUT2D eigenvalue weighted by Crippen LogP contribution is 2.39. The minimum atomic E-state index is -1.06. The van der Waals surface area contributed by atoms with Gasteiger partial charge in [0, 0.05) is 29.3 Å². The maximum absolute atomic E-state index is 11.2. The van der Waals surface area contributed by atoms with Gasteiger partial charge in [-0.05, 0) is 74.9 Å². The minimum absolute atomic E-state index is 0.379. The SMILES string of the molecule is Cc1cc(Nc2nccc(C)n2)cc(-c2ccc(C3(O)CCC(C(=O)O)CC3)nc2)c1. The Labute approximate surface area is 181 Å². The standard InChI is InChI=1S/C24H26N4O3/c1-15-11-19(13-20(12-15)28-23-25-10-7-16(2)27-23)18-3-4-21(26-14-18)24(31)8-5-17(6-9-24)22(29)30/h3-4,7,10-14,17,31H,5-6,8-9H2,1-2H3,(H,29,30)(H,25,27,28). The Morgan fingerprint density at radius 2 is 1.84 bits per heavy atom. The van der Waals surface area contributed by atoms with E-state index in [2.05, 4.69) is 26.3 Å². The predicted molar refractivity (Wildman–Crippen MR) is 118 cm³/mol.